The fraction of sp³-hybridized carbons (Fsp3) is 0.308. The first kappa shape index (κ1) is 25.3. The Bertz CT molecular complexity index is 977. The van der Waals surface area contributed by atoms with Crippen molar-refractivity contribution in [1.29, 1.82) is 0 Å². The number of anilines is 1. The van der Waals surface area contributed by atoms with Gasteiger partial charge in [-0.1, -0.05) is 82.6 Å². The van der Waals surface area contributed by atoms with Gasteiger partial charge in [-0.15, -0.1) is 0 Å². The van der Waals surface area contributed by atoms with Crippen molar-refractivity contribution in [3.05, 3.63) is 98.5 Å². The zero-order valence-electron chi connectivity index (χ0n) is 18.5. The third kappa shape index (κ3) is 7.33. The number of hydrogen-bond donors (Lipinski definition) is 1. The number of halogens is 3. The van der Waals surface area contributed by atoms with Gasteiger partial charge in [0, 0.05) is 33.8 Å². The van der Waals surface area contributed by atoms with Crippen molar-refractivity contribution in [3.8, 4) is 0 Å². The van der Waals surface area contributed by atoms with Gasteiger partial charge >= 0.3 is 0 Å². The molecule has 1 atom stereocenters. The molecule has 1 saturated heterocycles. The third-order valence-corrected chi connectivity index (χ3v) is 6.77. The zero-order chi connectivity index (χ0) is 22.9. The van der Waals surface area contributed by atoms with E-state index in [1.807, 2.05) is 36.6 Å². The molecule has 3 aromatic carbocycles. The molecular formula is C26H29Cl3N2S. The summed E-state index contributed by atoms with van der Waals surface area (Å²) in [6.45, 7) is 4.08. The Morgan fingerprint density at radius 3 is 2.25 bits per heavy atom. The summed E-state index contributed by atoms with van der Waals surface area (Å²) in [4.78, 5) is 2.41. The molecule has 3 aromatic rings. The molecule has 1 N–H and O–H groups in total. The number of aryl methyl sites for hydroxylation is 1. The third-order valence-electron chi connectivity index (χ3n) is 5.52. The first-order valence-corrected chi connectivity index (χ1v) is 13.1. The van der Waals surface area contributed by atoms with Gasteiger partial charge in [-0.25, -0.2) is 0 Å². The highest BCUT2D eigenvalue weighted by molar-refractivity contribution is 7.96. The fourth-order valence-electron chi connectivity index (χ4n) is 3.83. The van der Waals surface area contributed by atoms with Gasteiger partial charge in [0.05, 0.1) is 6.04 Å². The minimum Gasteiger partial charge on any atom is -0.364 e. The molecule has 1 unspecified atom stereocenters. The first-order chi connectivity index (χ1) is 15.5. The number of hydrogen-bond acceptors (Lipinski definition) is 3. The van der Waals surface area contributed by atoms with E-state index in [1.54, 1.807) is 11.9 Å². The van der Waals surface area contributed by atoms with E-state index in [0.29, 0.717) is 11.1 Å². The van der Waals surface area contributed by atoms with Crippen LogP contribution in [0.3, 0.4) is 0 Å². The molecule has 0 amide bonds. The smallest absolute Gasteiger partial charge is 0.0557 e. The van der Waals surface area contributed by atoms with Gasteiger partial charge in [0.15, 0.2) is 0 Å². The van der Waals surface area contributed by atoms with E-state index in [1.165, 1.54) is 29.7 Å². The van der Waals surface area contributed by atoms with Crippen LogP contribution in [0.4, 0.5) is 5.69 Å². The van der Waals surface area contributed by atoms with E-state index in [0.717, 1.165) is 35.1 Å². The molecule has 4 rings (SSSR count). The molecule has 32 heavy (non-hydrogen) atoms. The Kier molecular flexibility index (Phi) is 10.1. The Hall–Kier alpha value is -1.36. The molecule has 1 aliphatic rings. The normalized spacial score (nSPS) is 15.8. The summed E-state index contributed by atoms with van der Waals surface area (Å²) in [6.07, 6.45) is 5.55. The second-order valence-corrected chi connectivity index (χ2v) is 9.84. The maximum absolute atomic E-state index is 6.41. The summed E-state index contributed by atoms with van der Waals surface area (Å²) in [5.41, 5.74) is 4.99. The molecule has 0 bridgehead atoms. The van der Waals surface area contributed by atoms with E-state index in [9.17, 15) is 0 Å². The summed E-state index contributed by atoms with van der Waals surface area (Å²) < 4.78 is 3.20. The standard InChI is InChI=1S/C17H16Cl3N.C9H13NS/c18-12-4-7-14(8-5-12)21-10-2-1-3-17(21)15-9-6-13(19)11-16(15)20;1-8-3-5-9(6-4-8)7-10-11-2/h4-9,11,17H,1-3,10H2;3-6,10H,7H2,1-2H3. The van der Waals surface area contributed by atoms with E-state index < -0.39 is 0 Å². The number of nitrogens with one attached hydrogen (secondary N) is 1. The molecular weight excluding hydrogens is 479 g/mol. The molecule has 0 aliphatic carbocycles. The average molecular weight is 508 g/mol. The van der Waals surface area contributed by atoms with Crippen LogP contribution in [-0.2, 0) is 6.54 Å². The van der Waals surface area contributed by atoms with Crippen LogP contribution in [0.25, 0.3) is 0 Å². The minimum atomic E-state index is 0.296. The summed E-state index contributed by atoms with van der Waals surface area (Å²) >= 11 is 20.1. The van der Waals surface area contributed by atoms with Crippen molar-refractivity contribution in [2.45, 2.75) is 38.8 Å². The highest BCUT2D eigenvalue weighted by atomic mass is 35.5. The molecule has 1 aliphatic heterocycles. The number of piperidine rings is 1. The zero-order valence-corrected chi connectivity index (χ0v) is 21.5. The molecule has 2 nitrogen and oxygen atoms in total. The molecule has 0 saturated carbocycles. The summed E-state index contributed by atoms with van der Waals surface area (Å²) in [6, 6.07) is 22.7. The van der Waals surface area contributed by atoms with Crippen LogP contribution in [0.2, 0.25) is 15.1 Å². The Morgan fingerprint density at radius 1 is 0.906 bits per heavy atom. The Morgan fingerprint density at radius 2 is 1.59 bits per heavy atom. The number of benzene rings is 3. The molecule has 0 aromatic heterocycles. The van der Waals surface area contributed by atoms with Crippen LogP contribution >= 0.6 is 46.8 Å². The van der Waals surface area contributed by atoms with Gasteiger partial charge < -0.3 is 4.90 Å². The van der Waals surface area contributed by atoms with Gasteiger partial charge in [0.1, 0.15) is 0 Å². The quantitative estimate of drug-likeness (QED) is 0.347. The molecule has 170 valence electrons. The number of nitrogens with zero attached hydrogens (tertiary/aromatic N) is 1. The average Bonchev–Trinajstić information content (AvgIpc) is 2.80. The van der Waals surface area contributed by atoms with Crippen LogP contribution in [-0.4, -0.2) is 12.8 Å². The lowest BCUT2D eigenvalue weighted by molar-refractivity contribution is 0.473. The molecule has 1 fully saturated rings. The largest absolute Gasteiger partial charge is 0.364 e. The van der Waals surface area contributed by atoms with Crippen LogP contribution in [0.1, 0.15) is 42.0 Å². The minimum absolute atomic E-state index is 0.296. The number of rotatable bonds is 5. The Labute approximate surface area is 211 Å². The van der Waals surface area contributed by atoms with E-state index in [4.69, 9.17) is 34.8 Å². The Balaban J connectivity index is 0.000000222. The first-order valence-electron chi connectivity index (χ1n) is 10.8. The lowest BCUT2D eigenvalue weighted by Gasteiger charge is -2.38. The molecule has 0 spiro atoms. The van der Waals surface area contributed by atoms with Gasteiger partial charge in [-0.05, 0) is 80.0 Å². The molecule has 1 heterocycles. The second kappa shape index (κ2) is 12.8. The maximum atomic E-state index is 6.41. The van der Waals surface area contributed by atoms with Crippen LogP contribution in [0.5, 0.6) is 0 Å². The van der Waals surface area contributed by atoms with Crippen molar-refractivity contribution >= 4 is 52.4 Å². The molecule has 0 radical (unpaired) electrons. The monoisotopic (exact) mass is 506 g/mol. The highest BCUT2D eigenvalue weighted by Gasteiger charge is 2.26. The topological polar surface area (TPSA) is 15.3 Å². The highest BCUT2D eigenvalue weighted by Crippen LogP contribution is 2.38. The lowest BCUT2D eigenvalue weighted by atomic mass is 9.94. The summed E-state index contributed by atoms with van der Waals surface area (Å²) in [5.74, 6) is 0. The summed E-state index contributed by atoms with van der Waals surface area (Å²) in [5, 5.41) is 2.18. The maximum Gasteiger partial charge on any atom is 0.0557 e. The van der Waals surface area contributed by atoms with Gasteiger partial charge in [0.25, 0.3) is 0 Å². The predicted octanol–water partition coefficient (Wildman–Crippen LogP) is 8.74. The van der Waals surface area contributed by atoms with Crippen molar-refractivity contribution in [1.82, 2.24) is 4.72 Å². The second-order valence-electron chi connectivity index (χ2n) is 7.86. The van der Waals surface area contributed by atoms with Crippen molar-refractivity contribution in [3.63, 3.8) is 0 Å². The van der Waals surface area contributed by atoms with E-state index >= 15 is 0 Å². The molecule has 6 heteroatoms. The van der Waals surface area contributed by atoms with Crippen LogP contribution in [0.15, 0.2) is 66.7 Å². The summed E-state index contributed by atoms with van der Waals surface area (Å²) in [7, 11) is 0. The fourth-order valence-corrected chi connectivity index (χ4v) is 4.80. The predicted molar refractivity (Wildman–Crippen MR) is 143 cm³/mol. The van der Waals surface area contributed by atoms with Crippen molar-refractivity contribution < 1.29 is 0 Å². The van der Waals surface area contributed by atoms with Gasteiger partial charge in [-0.3, -0.25) is 4.72 Å². The van der Waals surface area contributed by atoms with E-state index in [2.05, 4.69) is 52.9 Å². The van der Waals surface area contributed by atoms with Gasteiger partial charge in [0.2, 0.25) is 0 Å². The lowest BCUT2D eigenvalue weighted by Crippen LogP contribution is -2.33. The van der Waals surface area contributed by atoms with E-state index in [-0.39, 0.29) is 0 Å². The van der Waals surface area contributed by atoms with Crippen molar-refractivity contribution in [2.75, 3.05) is 17.7 Å². The SMILES string of the molecule is CSNCc1ccc(C)cc1.Clc1ccc(N2CCCCC2c2ccc(Cl)cc2Cl)cc1. The van der Waals surface area contributed by atoms with Crippen LogP contribution < -0.4 is 9.62 Å². The van der Waals surface area contributed by atoms with Gasteiger partial charge in [-0.2, -0.15) is 0 Å². The van der Waals surface area contributed by atoms with Crippen LogP contribution in [0, 0.1) is 6.92 Å². The van der Waals surface area contributed by atoms with Crippen molar-refractivity contribution in [2.24, 2.45) is 0 Å².